The van der Waals surface area contributed by atoms with Crippen LogP contribution in [-0.4, -0.2) is 35.4 Å². The van der Waals surface area contributed by atoms with Crippen molar-refractivity contribution in [1.82, 2.24) is 0 Å². The van der Waals surface area contributed by atoms with E-state index in [9.17, 15) is 14.7 Å². The molecule has 2 aliphatic heterocycles. The zero-order valence-corrected chi connectivity index (χ0v) is 18.4. The van der Waals surface area contributed by atoms with Crippen molar-refractivity contribution in [1.29, 1.82) is 0 Å². The maximum absolute atomic E-state index is 12.9. The number of rotatable bonds is 5. The number of carbonyl (C=O) groups excluding carboxylic acids is 2. The molecule has 3 rings (SSSR count). The molecule has 1 fully saturated rings. The van der Waals surface area contributed by atoms with Crippen LogP contribution in [0.15, 0.2) is 59.1 Å². The summed E-state index contributed by atoms with van der Waals surface area (Å²) in [6.45, 7) is 9.30. The van der Waals surface area contributed by atoms with Crippen LogP contribution in [0.4, 0.5) is 0 Å². The molecule has 0 radical (unpaired) electrons. The number of hydrogen-bond donors (Lipinski definition) is 1. The molecule has 0 unspecified atom stereocenters. The summed E-state index contributed by atoms with van der Waals surface area (Å²) >= 11 is 0. The minimum absolute atomic E-state index is 0.305. The van der Waals surface area contributed by atoms with Crippen LogP contribution in [0.5, 0.6) is 0 Å². The fourth-order valence-electron chi connectivity index (χ4n) is 4.40. The number of methoxy groups -OCH3 is 1. The van der Waals surface area contributed by atoms with Crippen molar-refractivity contribution >= 4 is 11.8 Å². The molecule has 5 atom stereocenters. The summed E-state index contributed by atoms with van der Waals surface area (Å²) in [5, 5.41) is 10.8. The van der Waals surface area contributed by atoms with Crippen molar-refractivity contribution in [3.63, 3.8) is 0 Å². The fourth-order valence-corrected chi connectivity index (χ4v) is 4.40. The predicted octanol–water partition coefficient (Wildman–Crippen LogP) is 3.74. The first-order valence-electron chi connectivity index (χ1n) is 10.2. The number of ketones is 1. The van der Waals surface area contributed by atoms with Crippen LogP contribution in [0.2, 0.25) is 0 Å². The minimum Gasteiger partial charge on any atom is -0.469 e. The van der Waals surface area contributed by atoms with Crippen LogP contribution < -0.4 is 0 Å². The maximum Gasteiger partial charge on any atom is 0.314 e. The Hall–Kier alpha value is -2.44. The first-order chi connectivity index (χ1) is 14.0. The van der Waals surface area contributed by atoms with Gasteiger partial charge in [-0.2, -0.15) is 0 Å². The fraction of sp³-hybridized carbons (Fsp3) is 0.500. The highest BCUT2D eigenvalue weighted by Gasteiger charge is 2.66. The summed E-state index contributed by atoms with van der Waals surface area (Å²) in [4.78, 5) is 25.4. The van der Waals surface area contributed by atoms with E-state index in [2.05, 4.69) is 19.9 Å². The second-order valence-electron chi connectivity index (χ2n) is 8.57. The SMILES string of the molecule is CC[C@@H](C)/C=C(C)/C=C/C1=CC2=CC(=O)[C@]3(C)O[C@](C)(O)[C@@H](C(=O)OC)[C@@H]3C2=CO1. The van der Waals surface area contributed by atoms with Crippen LogP contribution in [-0.2, 0) is 23.8 Å². The monoisotopic (exact) mass is 414 g/mol. The minimum atomic E-state index is -1.84. The molecule has 0 saturated carbocycles. The standard InChI is InChI=1S/C24H30O6/c1-7-14(2)10-15(3)8-9-17-11-16-12-19(25)23(4)20(18(16)13-29-17)21(22(26)28-6)24(5,27)30-23/h8-14,20-21,27H,7H2,1-6H3/b9-8+,15-10+/t14-,20+,21-,23+,24+/m1/s1. The maximum atomic E-state index is 12.9. The Labute approximate surface area is 177 Å². The molecule has 3 aliphatic rings. The van der Waals surface area contributed by atoms with Crippen LogP contribution in [0.25, 0.3) is 0 Å². The van der Waals surface area contributed by atoms with Gasteiger partial charge in [0.25, 0.3) is 0 Å². The van der Waals surface area contributed by atoms with Crippen LogP contribution in [0.3, 0.4) is 0 Å². The molecule has 162 valence electrons. The summed E-state index contributed by atoms with van der Waals surface area (Å²) in [5.74, 6) is -3.48. The molecule has 6 heteroatoms. The molecule has 0 amide bonds. The third kappa shape index (κ3) is 3.82. The van der Waals surface area contributed by atoms with E-state index in [1.807, 2.05) is 19.1 Å². The van der Waals surface area contributed by atoms with E-state index in [4.69, 9.17) is 14.2 Å². The summed E-state index contributed by atoms with van der Waals surface area (Å²) < 4.78 is 16.4. The van der Waals surface area contributed by atoms with E-state index >= 15 is 0 Å². The first kappa shape index (κ1) is 22.2. The number of ether oxygens (including phenoxy) is 3. The smallest absolute Gasteiger partial charge is 0.314 e. The van der Waals surface area contributed by atoms with Crippen molar-refractivity contribution < 1.29 is 28.9 Å². The van der Waals surface area contributed by atoms with E-state index in [-0.39, 0.29) is 5.78 Å². The summed E-state index contributed by atoms with van der Waals surface area (Å²) in [5.41, 5.74) is 1.02. The molecule has 30 heavy (non-hydrogen) atoms. The van der Waals surface area contributed by atoms with Gasteiger partial charge in [-0.05, 0) is 50.5 Å². The summed E-state index contributed by atoms with van der Waals surface area (Å²) in [6, 6.07) is 0. The molecular formula is C24H30O6. The molecule has 1 N–H and O–H groups in total. The Morgan fingerprint density at radius 2 is 2.07 bits per heavy atom. The van der Waals surface area contributed by atoms with Crippen molar-refractivity contribution in [3.05, 3.63) is 59.1 Å². The van der Waals surface area contributed by atoms with Gasteiger partial charge in [-0.15, -0.1) is 0 Å². The van der Waals surface area contributed by atoms with Gasteiger partial charge in [-0.25, -0.2) is 0 Å². The van der Waals surface area contributed by atoms with E-state index in [0.717, 1.165) is 12.0 Å². The zero-order chi connectivity index (χ0) is 22.3. The molecule has 1 aliphatic carbocycles. The molecule has 6 nitrogen and oxygen atoms in total. The lowest BCUT2D eigenvalue weighted by Crippen LogP contribution is -2.46. The van der Waals surface area contributed by atoms with Gasteiger partial charge in [0.2, 0.25) is 0 Å². The van der Waals surface area contributed by atoms with Crippen molar-refractivity contribution in [2.45, 2.75) is 52.4 Å². The zero-order valence-electron chi connectivity index (χ0n) is 18.4. The molecule has 0 aromatic carbocycles. The number of hydrogen-bond acceptors (Lipinski definition) is 6. The van der Waals surface area contributed by atoms with Gasteiger partial charge in [-0.1, -0.05) is 38.0 Å². The molecule has 0 spiro atoms. The number of fused-ring (bicyclic) bond motifs is 3. The van der Waals surface area contributed by atoms with Gasteiger partial charge in [0.1, 0.15) is 17.3 Å². The Balaban J connectivity index is 1.94. The third-order valence-electron chi connectivity index (χ3n) is 6.14. The Bertz CT molecular complexity index is 901. The van der Waals surface area contributed by atoms with Crippen LogP contribution in [0.1, 0.15) is 41.0 Å². The number of carbonyl (C=O) groups is 2. The third-order valence-corrected chi connectivity index (χ3v) is 6.14. The van der Waals surface area contributed by atoms with Gasteiger partial charge >= 0.3 is 5.97 Å². The largest absolute Gasteiger partial charge is 0.469 e. The average molecular weight is 414 g/mol. The molecule has 0 bridgehead atoms. The Morgan fingerprint density at radius 1 is 1.37 bits per heavy atom. The van der Waals surface area contributed by atoms with Gasteiger partial charge < -0.3 is 19.3 Å². The molecule has 0 aromatic heterocycles. The van der Waals surface area contributed by atoms with Gasteiger partial charge in [-0.3, -0.25) is 9.59 Å². The van der Waals surface area contributed by atoms with Gasteiger partial charge in [0, 0.05) is 11.5 Å². The normalized spacial score (nSPS) is 34.4. The van der Waals surface area contributed by atoms with E-state index in [1.165, 1.54) is 26.4 Å². The molecule has 0 aromatic rings. The lowest BCUT2D eigenvalue weighted by atomic mass is 9.67. The number of aliphatic hydroxyl groups is 1. The Kier molecular flexibility index (Phi) is 5.94. The lowest BCUT2D eigenvalue weighted by molar-refractivity contribution is -0.223. The van der Waals surface area contributed by atoms with E-state index < -0.39 is 29.2 Å². The van der Waals surface area contributed by atoms with Crippen LogP contribution >= 0.6 is 0 Å². The molecule has 1 saturated heterocycles. The van der Waals surface area contributed by atoms with Gasteiger partial charge in [0.05, 0.1) is 13.4 Å². The second kappa shape index (κ2) is 8.00. The van der Waals surface area contributed by atoms with Crippen molar-refractivity contribution in [2.24, 2.45) is 17.8 Å². The van der Waals surface area contributed by atoms with Crippen LogP contribution in [0, 0.1) is 17.8 Å². The summed E-state index contributed by atoms with van der Waals surface area (Å²) in [6.07, 6.45) is 11.9. The van der Waals surface area contributed by atoms with Crippen molar-refractivity contribution in [3.8, 4) is 0 Å². The number of allylic oxidation sites excluding steroid dienone is 6. The predicted molar refractivity (Wildman–Crippen MR) is 112 cm³/mol. The Morgan fingerprint density at radius 3 is 2.70 bits per heavy atom. The highest BCUT2D eigenvalue weighted by atomic mass is 16.7. The van der Waals surface area contributed by atoms with Gasteiger partial charge in [0.15, 0.2) is 11.6 Å². The highest BCUT2D eigenvalue weighted by molar-refractivity contribution is 6.02. The number of esters is 1. The highest BCUT2D eigenvalue weighted by Crippen LogP contribution is 2.54. The second-order valence-corrected chi connectivity index (χ2v) is 8.57. The lowest BCUT2D eigenvalue weighted by Gasteiger charge is -2.36. The molecule has 2 heterocycles. The topological polar surface area (TPSA) is 82.1 Å². The van der Waals surface area contributed by atoms with Crippen molar-refractivity contribution in [2.75, 3.05) is 7.11 Å². The first-order valence-corrected chi connectivity index (χ1v) is 10.2. The van der Waals surface area contributed by atoms with E-state index in [1.54, 1.807) is 13.0 Å². The molecular weight excluding hydrogens is 384 g/mol. The average Bonchev–Trinajstić information content (AvgIpc) is 2.92. The quantitative estimate of drug-likeness (QED) is 0.545. The summed E-state index contributed by atoms with van der Waals surface area (Å²) in [7, 11) is 1.25. The van der Waals surface area contributed by atoms with E-state index in [0.29, 0.717) is 22.8 Å².